The largest absolute Gasteiger partial charge is 0.332 e. The summed E-state index contributed by atoms with van der Waals surface area (Å²) in [5, 5.41) is 0. The summed E-state index contributed by atoms with van der Waals surface area (Å²) in [4.78, 5) is 28.7. The molecule has 3 aromatic rings. The quantitative estimate of drug-likeness (QED) is 0.658. The van der Waals surface area contributed by atoms with Gasteiger partial charge in [-0.3, -0.25) is 13.9 Å². The molecule has 0 bridgehead atoms. The second-order valence-corrected chi connectivity index (χ2v) is 5.10. The van der Waals surface area contributed by atoms with E-state index in [0.29, 0.717) is 0 Å². The first-order valence-corrected chi connectivity index (χ1v) is 6.56. The molecule has 6 nitrogen and oxygen atoms in total. The Morgan fingerprint density at radius 2 is 1.78 bits per heavy atom. The number of imidazole rings is 1. The van der Waals surface area contributed by atoms with Gasteiger partial charge in [0, 0.05) is 19.7 Å². The van der Waals surface area contributed by atoms with Crippen molar-refractivity contribution in [1.29, 1.82) is 0 Å². The van der Waals surface area contributed by atoms with E-state index in [4.69, 9.17) is 0 Å². The molecule has 0 N–H and O–H groups in total. The van der Waals surface area contributed by atoms with E-state index in [1.165, 1.54) is 17.9 Å². The number of aryl methyl sites for hydroxylation is 2. The van der Waals surface area contributed by atoms with Gasteiger partial charge in [-0.05, 0) is 6.07 Å². The lowest BCUT2D eigenvalue weighted by atomic mass is 10.2. The Balaban J connectivity index is 2.26. The first-order chi connectivity index (χ1) is 10.8. The van der Waals surface area contributed by atoms with Crippen LogP contribution in [0.4, 0.5) is 13.2 Å². The van der Waals surface area contributed by atoms with Crippen LogP contribution < -0.4 is 11.2 Å². The third kappa shape index (κ3) is 2.16. The van der Waals surface area contributed by atoms with Gasteiger partial charge in [-0.15, -0.1) is 0 Å². The normalized spacial score (nSPS) is 11.3. The predicted octanol–water partition coefficient (Wildman–Crippen LogP) is 0.899. The van der Waals surface area contributed by atoms with Crippen molar-refractivity contribution in [3.05, 3.63) is 62.3 Å². The molecule has 0 fully saturated rings. The summed E-state index contributed by atoms with van der Waals surface area (Å²) in [6.07, 6.45) is 1.37. The third-order valence-corrected chi connectivity index (χ3v) is 3.64. The van der Waals surface area contributed by atoms with E-state index in [1.54, 1.807) is 7.05 Å². The third-order valence-electron chi connectivity index (χ3n) is 3.64. The number of hydrogen-bond acceptors (Lipinski definition) is 3. The summed E-state index contributed by atoms with van der Waals surface area (Å²) in [5.41, 5.74) is -1.39. The summed E-state index contributed by atoms with van der Waals surface area (Å²) in [7, 11) is 2.99. The Morgan fingerprint density at radius 3 is 2.48 bits per heavy atom. The fraction of sp³-hybridized carbons (Fsp3) is 0.214. The van der Waals surface area contributed by atoms with Gasteiger partial charge in [0.25, 0.3) is 5.56 Å². The zero-order chi connectivity index (χ0) is 16.9. The Kier molecular flexibility index (Phi) is 3.35. The van der Waals surface area contributed by atoms with E-state index in [1.807, 2.05) is 0 Å². The van der Waals surface area contributed by atoms with Crippen molar-refractivity contribution in [2.24, 2.45) is 14.1 Å². The highest BCUT2D eigenvalue weighted by atomic mass is 19.2. The number of aromatic nitrogens is 4. The Bertz CT molecular complexity index is 1050. The zero-order valence-corrected chi connectivity index (χ0v) is 12.2. The van der Waals surface area contributed by atoms with E-state index < -0.39 is 35.2 Å². The van der Waals surface area contributed by atoms with E-state index in [9.17, 15) is 22.8 Å². The maximum atomic E-state index is 13.8. The molecular formula is C14H11F3N4O2. The highest BCUT2D eigenvalue weighted by Gasteiger charge is 2.18. The molecule has 1 aromatic carbocycles. The molecule has 0 unspecified atom stereocenters. The van der Waals surface area contributed by atoms with E-state index >= 15 is 0 Å². The molecule has 0 amide bonds. The smallest absolute Gasteiger partial charge is 0.328 e. The van der Waals surface area contributed by atoms with Gasteiger partial charge in [-0.1, -0.05) is 6.07 Å². The molecule has 0 aliphatic carbocycles. The maximum absolute atomic E-state index is 13.8. The second-order valence-electron chi connectivity index (χ2n) is 5.10. The standard InChI is InChI=1S/C14H11F3N4O2/c1-19-6-18-12-11(19)13(22)21(14(23)20(12)2)5-7-3-4-8(15)10(17)9(7)16/h3-4,6H,5H2,1-2H3. The lowest BCUT2D eigenvalue weighted by molar-refractivity contribution is 0.438. The van der Waals surface area contributed by atoms with Crippen LogP contribution in [-0.2, 0) is 20.6 Å². The van der Waals surface area contributed by atoms with Crippen molar-refractivity contribution < 1.29 is 13.2 Å². The molecule has 0 atom stereocenters. The Labute approximate surface area is 127 Å². The summed E-state index contributed by atoms with van der Waals surface area (Å²) < 4.78 is 43.4. The van der Waals surface area contributed by atoms with Gasteiger partial charge in [-0.2, -0.15) is 0 Å². The topological polar surface area (TPSA) is 61.8 Å². The van der Waals surface area contributed by atoms with Gasteiger partial charge >= 0.3 is 5.69 Å². The number of rotatable bonds is 2. The van der Waals surface area contributed by atoms with E-state index in [2.05, 4.69) is 4.98 Å². The van der Waals surface area contributed by atoms with Crippen LogP contribution in [0.2, 0.25) is 0 Å². The summed E-state index contributed by atoms with van der Waals surface area (Å²) in [5.74, 6) is -4.41. The molecule has 23 heavy (non-hydrogen) atoms. The van der Waals surface area contributed by atoms with Crippen LogP contribution in [0.5, 0.6) is 0 Å². The average molecular weight is 324 g/mol. The summed E-state index contributed by atoms with van der Waals surface area (Å²) >= 11 is 0. The van der Waals surface area contributed by atoms with Crippen LogP contribution in [0.3, 0.4) is 0 Å². The van der Waals surface area contributed by atoms with E-state index in [0.717, 1.165) is 21.3 Å². The zero-order valence-electron chi connectivity index (χ0n) is 12.2. The Hall–Kier alpha value is -2.84. The molecular weight excluding hydrogens is 313 g/mol. The molecule has 0 aliphatic heterocycles. The predicted molar refractivity (Wildman–Crippen MR) is 75.6 cm³/mol. The van der Waals surface area contributed by atoms with Crippen molar-refractivity contribution in [2.75, 3.05) is 0 Å². The minimum atomic E-state index is -1.64. The van der Waals surface area contributed by atoms with Gasteiger partial charge in [0.05, 0.1) is 12.9 Å². The lowest BCUT2D eigenvalue weighted by Gasteiger charge is -2.10. The van der Waals surface area contributed by atoms with Gasteiger partial charge < -0.3 is 4.57 Å². The van der Waals surface area contributed by atoms with Crippen molar-refractivity contribution in [2.45, 2.75) is 6.54 Å². The van der Waals surface area contributed by atoms with Crippen LogP contribution in [0, 0.1) is 17.5 Å². The van der Waals surface area contributed by atoms with Gasteiger partial charge in [0.2, 0.25) is 0 Å². The summed E-state index contributed by atoms with van der Waals surface area (Å²) in [6, 6.07) is 1.74. The molecule has 0 saturated heterocycles. The second kappa shape index (κ2) is 5.11. The molecule has 0 radical (unpaired) electrons. The van der Waals surface area contributed by atoms with Crippen LogP contribution in [0.15, 0.2) is 28.0 Å². The van der Waals surface area contributed by atoms with E-state index in [-0.39, 0.29) is 16.7 Å². The highest BCUT2D eigenvalue weighted by molar-refractivity contribution is 5.69. The number of hydrogen-bond donors (Lipinski definition) is 0. The number of halogens is 3. The van der Waals surface area contributed by atoms with Gasteiger partial charge in [-0.25, -0.2) is 22.9 Å². The van der Waals surface area contributed by atoms with Crippen LogP contribution in [-0.4, -0.2) is 18.7 Å². The maximum Gasteiger partial charge on any atom is 0.332 e. The fourth-order valence-electron chi connectivity index (χ4n) is 2.39. The molecule has 3 rings (SSSR count). The van der Waals surface area contributed by atoms with Crippen molar-refractivity contribution in [3.63, 3.8) is 0 Å². The first-order valence-electron chi connectivity index (χ1n) is 6.56. The molecule has 0 spiro atoms. The summed E-state index contributed by atoms with van der Waals surface area (Å²) in [6.45, 7) is -0.518. The first kappa shape index (κ1) is 15.1. The van der Waals surface area contributed by atoms with Crippen LogP contribution in [0.25, 0.3) is 11.2 Å². The molecule has 2 heterocycles. The van der Waals surface area contributed by atoms with Crippen molar-refractivity contribution >= 4 is 11.2 Å². The van der Waals surface area contributed by atoms with Gasteiger partial charge in [0.1, 0.15) is 0 Å². The number of nitrogens with zero attached hydrogens (tertiary/aromatic N) is 4. The highest BCUT2D eigenvalue weighted by Crippen LogP contribution is 2.15. The molecule has 2 aromatic heterocycles. The molecule has 0 aliphatic rings. The SMILES string of the molecule is Cn1cnc2c1c(=O)n(Cc1ccc(F)c(F)c1F)c(=O)n2C. The minimum absolute atomic E-state index is 0.148. The number of benzene rings is 1. The molecule has 9 heteroatoms. The van der Waals surface area contributed by atoms with Crippen LogP contribution in [0.1, 0.15) is 5.56 Å². The number of fused-ring (bicyclic) bond motifs is 1. The molecule has 120 valence electrons. The average Bonchev–Trinajstić information content (AvgIpc) is 2.91. The van der Waals surface area contributed by atoms with Gasteiger partial charge in [0.15, 0.2) is 28.6 Å². The van der Waals surface area contributed by atoms with Crippen molar-refractivity contribution in [3.8, 4) is 0 Å². The lowest BCUT2D eigenvalue weighted by Crippen LogP contribution is -2.40. The van der Waals surface area contributed by atoms with Crippen LogP contribution >= 0.6 is 0 Å². The monoisotopic (exact) mass is 324 g/mol. The Morgan fingerprint density at radius 1 is 1.09 bits per heavy atom. The fourth-order valence-corrected chi connectivity index (χ4v) is 2.39. The molecule has 0 saturated carbocycles. The van der Waals surface area contributed by atoms with Crippen molar-refractivity contribution in [1.82, 2.24) is 18.7 Å². The minimum Gasteiger partial charge on any atom is -0.328 e.